The van der Waals surface area contributed by atoms with E-state index < -0.39 is 10.9 Å². The van der Waals surface area contributed by atoms with Gasteiger partial charge in [0.1, 0.15) is 0 Å². The Labute approximate surface area is 161 Å². The summed E-state index contributed by atoms with van der Waals surface area (Å²) in [5.41, 5.74) is 1.53. The molecule has 0 N–H and O–H groups in total. The highest BCUT2D eigenvalue weighted by Gasteiger charge is 2.26. The van der Waals surface area contributed by atoms with Crippen LogP contribution in [-0.2, 0) is 9.53 Å². The first kappa shape index (κ1) is 17.2. The number of fused-ring (bicyclic) bond motifs is 1. The fourth-order valence-corrected chi connectivity index (χ4v) is 3.10. The molecule has 2 aromatic carbocycles. The number of hydrogen-bond acceptors (Lipinski definition) is 7. The maximum absolute atomic E-state index is 12.2. The van der Waals surface area contributed by atoms with Gasteiger partial charge in [0.15, 0.2) is 17.2 Å². The lowest BCUT2D eigenvalue weighted by Crippen LogP contribution is -2.06. The average Bonchev–Trinajstić information content (AvgIpc) is 3.22. The van der Waals surface area contributed by atoms with Crippen LogP contribution in [-0.4, -0.2) is 23.6 Å². The lowest BCUT2D eigenvalue weighted by molar-refractivity contribution is -0.385. The second-order valence-electron chi connectivity index (χ2n) is 5.82. The smallest absolute Gasteiger partial charge is 0.363 e. The number of ether oxygens (including phenoxy) is 3. The highest BCUT2D eigenvalue weighted by Crippen LogP contribution is 2.38. The number of nitro benzene ring substituents is 1. The van der Waals surface area contributed by atoms with E-state index in [1.54, 1.807) is 37.3 Å². The minimum absolute atomic E-state index is 0.0196. The van der Waals surface area contributed by atoms with Crippen molar-refractivity contribution in [2.45, 2.75) is 6.92 Å². The van der Waals surface area contributed by atoms with Crippen LogP contribution in [0, 0.1) is 17.0 Å². The molecule has 0 aromatic heterocycles. The molecule has 0 bridgehead atoms. The molecule has 2 heterocycles. The molecule has 4 rings (SSSR count). The number of benzene rings is 2. The molecule has 2 aliphatic heterocycles. The van der Waals surface area contributed by atoms with E-state index in [0.29, 0.717) is 32.7 Å². The molecule has 9 heteroatoms. The van der Waals surface area contributed by atoms with Crippen LogP contribution in [0.5, 0.6) is 11.5 Å². The number of rotatable bonds is 3. The van der Waals surface area contributed by atoms with Gasteiger partial charge in [0.25, 0.3) is 5.69 Å². The van der Waals surface area contributed by atoms with Crippen molar-refractivity contribution >= 4 is 39.6 Å². The van der Waals surface area contributed by atoms with Crippen LogP contribution in [0.4, 0.5) is 5.69 Å². The van der Waals surface area contributed by atoms with E-state index in [9.17, 15) is 14.9 Å². The zero-order valence-corrected chi connectivity index (χ0v) is 15.5. The fourth-order valence-electron chi connectivity index (χ4n) is 2.66. The molecule has 27 heavy (non-hydrogen) atoms. The molecule has 0 saturated heterocycles. The van der Waals surface area contributed by atoms with Gasteiger partial charge in [-0.25, -0.2) is 9.79 Å². The summed E-state index contributed by atoms with van der Waals surface area (Å²) in [5.74, 6) is 0.549. The predicted octanol–water partition coefficient (Wildman–Crippen LogP) is 3.74. The summed E-state index contributed by atoms with van der Waals surface area (Å²) in [6.07, 6.45) is 1.55. The standard InChI is InChI=1S/C18H11BrN2O6/c1-9-2-3-10(5-14(9)21(23)24)17-20-13(18(22)27-17)4-11-6-15-16(7-12(11)19)26-8-25-15/h2-7H,8H2,1H3/b13-4-. The molecule has 2 aromatic rings. The lowest BCUT2D eigenvalue weighted by Gasteiger charge is -2.02. The monoisotopic (exact) mass is 430 g/mol. The van der Waals surface area contributed by atoms with Gasteiger partial charge in [-0.3, -0.25) is 10.1 Å². The van der Waals surface area contributed by atoms with Crippen LogP contribution >= 0.6 is 15.9 Å². The maximum Gasteiger partial charge on any atom is 0.363 e. The zero-order chi connectivity index (χ0) is 19.1. The molecule has 2 aliphatic rings. The first-order chi connectivity index (χ1) is 12.9. The van der Waals surface area contributed by atoms with E-state index in [-0.39, 0.29) is 24.1 Å². The Morgan fingerprint density at radius 2 is 1.96 bits per heavy atom. The van der Waals surface area contributed by atoms with Crippen molar-refractivity contribution in [1.82, 2.24) is 0 Å². The quantitative estimate of drug-likeness (QED) is 0.318. The Balaban J connectivity index is 1.71. The lowest BCUT2D eigenvalue weighted by atomic mass is 10.1. The summed E-state index contributed by atoms with van der Waals surface area (Å²) in [7, 11) is 0. The number of aliphatic imine (C=N–C) groups is 1. The first-order valence-corrected chi connectivity index (χ1v) is 8.59. The number of halogens is 1. The number of hydrogen-bond donors (Lipinski definition) is 0. The molecule has 0 atom stereocenters. The molecule has 0 fully saturated rings. The van der Waals surface area contributed by atoms with Crippen molar-refractivity contribution in [1.29, 1.82) is 0 Å². The Bertz CT molecular complexity index is 1060. The van der Waals surface area contributed by atoms with E-state index in [1.807, 2.05) is 0 Å². The van der Waals surface area contributed by atoms with Gasteiger partial charge < -0.3 is 14.2 Å². The van der Waals surface area contributed by atoms with Crippen LogP contribution in [0.15, 0.2) is 45.5 Å². The third kappa shape index (κ3) is 3.17. The van der Waals surface area contributed by atoms with E-state index in [1.165, 1.54) is 6.07 Å². The average molecular weight is 431 g/mol. The molecule has 0 spiro atoms. The van der Waals surface area contributed by atoms with Gasteiger partial charge in [-0.15, -0.1) is 0 Å². The number of carbonyl (C=O) groups is 1. The molecule has 0 radical (unpaired) electrons. The minimum atomic E-state index is -0.641. The summed E-state index contributed by atoms with van der Waals surface area (Å²) >= 11 is 3.41. The third-order valence-electron chi connectivity index (χ3n) is 4.06. The molecule has 8 nitrogen and oxygen atoms in total. The van der Waals surface area contributed by atoms with E-state index in [0.717, 1.165) is 0 Å². The molecular formula is C18H11BrN2O6. The highest BCUT2D eigenvalue weighted by atomic mass is 79.9. The number of cyclic esters (lactones) is 1. The van der Waals surface area contributed by atoms with Crippen LogP contribution in [0.2, 0.25) is 0 Å². The third-order valence-corrected chi connectivity index (χ3v) is 4.74. The Hall–Kier alpha value is -3.20. The molecule has 0 unspecified atom stereocenters. The van der Waals surface area contributed by atoms with Crippen molar-refractivity contribution < 1.29 is 23.9 Å². The summed E-state index contributed by atoms with van der Waals surface area (Å²) in [4.78, 5) is 27.0. The van der Waals surface area contributed by atoms with Crippen LogP contribution in [0.25, 0.3) is 6.08 Å². The van der Waals surface area contributed by atoms with Gasteiger partial charge in [-0.1, -0.05) is 22.0 Å². The van der Waals surface area contributed by atoms with E-state index >= 15 is 0 Å². The van der Waals surface area contributed by atoms with Crippen LogP contribution in [0.3, 0.4) is 0 Å². The second kappa shape index (κ2) is 6.51. The summed E-state index contributed by atoms with van der Waals surface area (Å²) in [6.45, 7) is 1.77. The molecular weight excluding hydrogens is 420 g/mol. The zero-order valence-electron chi connectivity index (χ0n) is 13.9. The van der Waals surface area contributed by atoms with Gasteiger partial charge >= 0.3 is 5.97 Å². The normalized spacial score (nSPS) is 16.4. The SMILES string of the molecule is Cc1ccc(C2=N/C(=C\c3cc4c(cc3Br)OCO4)C(=O)O2)cc1[N+](=O)[O-]. The largest absolute Gasteiger partial charge is 0.454 e. The minimum Gasteiger partial charge on any atom is -0.454 e. The van der Waals surface area contributed by atoms with Crippen molar-refractivity contribution in [3.8, 4) is 11.5 Å². The predicted molar refractivity (Wildman–Crippen MR) is 98.7 cm³/mol. The topological polar surface area (TPSA) is 100 Å². The Morgan fingerprint density at radius 3 is 2.70 bits per heavy atom. The molecule has 0 aliphatic carbocycles. The summed E-state index contributed by atoms with van der Waals surface area (Å²) < 4.78 is 16.5. The van der Waals surface area contributed by atoms with Crippen LogP contribution in [0.1, 0.15) is 16.7 Å². The van der Waals surface area contributed by atoms with Gasteiger partial charge in [-0.2, -0.15) is 0 Å². The van der Waals surface area contributed by atoms with E-state index in [4.69, 9.17) is 14.2 Å². The first-order valence-electron chi connectivity index (χ1n) is 7.79. The van der Waals surface area contributed by atoms with Crippen molar-refractivity contribution in [2.75, 3.05) is 6.79 Å². The van der Waals surface area contributed by atoms with Gasteiger partial charge in [0, 0.05) is 21.7 Å². The number of esters is 1. The maximum atomic E-state index is 12.2. The van der Waals surface area contributed by atoms with Crippen LogP contribution < -0.4 is 9.47 Å². The summed E-state index contributed by atoms with van der Waals surface area (Å²) in [6, 6.07) is 7.99. The molecule has 136 valence electrons. The van der Waals surface area contributed by atoms with Gasteiger partial charge in [-0.05, 0) is 36.8 Å². The Kier molecular flexibility index (Phi) is 4.15. The molecule has 0 amide bonds. The van der Waals surface area contributed by atoms with Crippen molar-refractivity contribution in [3.63, 3.8) is 0 Å². The second-order valence-corrected chi connectivity index (χ2v) is 6.68. The fraction of sp³-hybridized carbons (Fsp3) is 0.111. The van der Waals surface area contributed by atoms with Gasteiger partial charge in [0.05, 0.1) is 4.92 Å². The number of nitrogens with zero attached hydrogens (tertiary/aromatic N) is 2. The van der Waals surface area contributed by atoms with Gasteiger partial charge in [0.2, 0.25) is 12.7 Å². The number of carbonyl (C=O) groups excluding carboxylic acids is 1. The Morgan fingerprint density at radius 1 is 1.22 bits per heavy atom. The highest BCUT2D eigenvalue weighted by molar-refractivity contribution is 9.10. The number of nitro groups is 1. The van der Waals surface area contributed by atoms with E-state index in [2.05, 4.69) is 20.9 Å². The van der Waals surface area contributed by atoms with Crippen molar-refractivity contribution in [3.05, 3.63) is 67.3 Å². The van der Waals surface area contributed by atoms with Crippen molar-refractivity contribution in [2.24, 2.45) is 4.99 Å². The summed E-state index contributed by atoms with van der Waals surface area (Å²) in [5, 5.41) is 11.1. The number of aryl methyl sites for hydroxylation is 1. The molecule has 0 saturated carbocycles.